The molecule has 1 amide bonds. The van der Waals surface area contributed by atoms with E-state index in [0.717, 1.165) is 19.3 Å². The Morgan fingerprint density at radius 2 is 1.94 bits per heavy atom. The van der Waals surface area contributed by atoms with Gasteiger partial charge in [0.05, 0.1) is 10.7 Å². The fourth-order valence-corrected chi connectivity index (χ4v) is 4.69. The maximum Gasteiger partial charge on any atom is 0.270 e. The van der Waals surface area contributed by atoms with Gasteiger partial charge in [0.15, 0.2) is 5.82 Å². The monoisotopic (exact) mass is 502 g/mol. The van der Waals surface area contributed by atoms with E-state index in [0.29, 0.717) is 37.4 Å². The summed E-state index contributed by atoms with van der Waals surface area (Å²) in [5.41, 5.74) is 0.745. The van der Waals surface area contributed by atoms with Gasteiger partial charge < -0.3 is 15.2 Å². The first-order chi connectivity index (χ1) is 16.8. The van der Waals surface area contributed by atoms with Gasteiger partial charge in [0.2, 0.25) is 5.95 Å². The topological polar surface area (TPSA) is 94.2 Å². The minimum Gasteiger partial charge on any atom is -0.365 e. The van der Waals surface area contributed by atoms with Crippen molar-refractivity contribution in [1.82, 2.24) is 25.2 Å². The first-order valence-electron chi connectivity index (χ1n) is 11.6. The van der Waals surface area contributed by atoms with Crippen LogP contribution in [0.15, 0.2) is 23.0 Å². The van der Waals surface area contributed by atoms with E-state index in [-0.39, 0.29) is 45.9 Å². The lowest BCUT2D eigenvalue weighted by molar-refractivity contribution is 0.0910. The molecule has 11 heteroatoms. The van der Waals surface area contributed by atoms with Crippen molar-refractivity contribution < 1.29 is 13.6 Å². The normalized spacial score (nSPS) is 17.0. The summed E-state index contributed by atoms with van der Waals surface area (Å²) >= 11 is 6.32. The van der Waals surface area contributed by atoms with Gasteiger partial charge in [-0.2, -0.15) is 4.39 Å². The Balaban J connectivity index is 1.25. The van der Waals surface area contributed by atoms with Gasteiger partial charge >= 0.3 is 0 Å². The molecule has 2 aromatic heterocycles. The highest BCUT2D eigenvalue weighted by Crippen LogP contribution is 2.27. The number of nitrogens with zero attached hydrogens (tertiary/aromatic N) is 4. The molecule has 2 fully saturated rings. The molecule has 3 aromatic rings. The van der Waals surface area contributed by atoms with Gasteiger partial charge in [-0.05, 0) is 44.4 Å². The van der Waals surface area contributed by atoms with Crippen LogP contribution in [-0.2, 0) is 6.54 Å². The Bertz CT molecular complexity index is 1350. The number of aryl methyl sites for hydroxylation is 1. The van der Waals surface area contributed by atoms with Crippen molar-refractivity contribution in [1.29, 1.82) is 0 Å². The number of piperazine rings is 1. The molecule has 0 spiro atoms. The van der Waals surface area contributed by atoms with Gasteiger partial charge in [-0.1, -0.05) is 11.6 Å². The van der Waals surface area contributed by atoms with Crippen LogP contribution in [0.3, 0.4) is 0 Å². The molecule has 184 valence electrons. The molecule has 1 aliphatic heterocycles. The predicted octanol–water partition coefficient (Wildman–Crippen LogP) is 3.16. The van der Waals surface area contributed by atoms with E-state index in [4.69, 9.17) is 11.6 Å². The molecule has 1 saturated carbocycles. The van der Waals surface area contributed by atoms with Gasteiger partial charge in [-0.25, -0.2) is 14.4 Å². The SMILES string of the molecule is Cc1nc2c(Cl)cc(CN3CCN(c4ccc(C(=O)NC5CCC5)nc4F)CC3)c(F)c2[nH]c1=O. The number of benzene rings is 1. The predicted molar refractivity (Wildman–Crippen MR) is 129 cm³/mol. The first-order valence-corrected chi connectivity index (χ1v) is 12.0. The lowest BCUT2D eigenvalue weighted by Gasteiger charge is -2.36. The summed E-state index contributed by atoms with van der Waals surface area (Å²) in [7, 11) is 0. The molecule has 8 nitrogen and oxygen atoms in total. The lowest BCUT2D eigenvalue weighted by atomic mass is 9.93. The minimum absolute atomic E-state index is 0.00341. The smallest absolute Gasteiger partial charge is 0.270 e. The highest BCUT2D eigenvalue weighted by atomic mass is 35.5. The number of anilines is 1. The average molecular weight is 503 g/mol. The fraction of sp³-hybridized carbons (Fsp3) is 0.417. The van der Waals surface area contributed by atoms with Crippen molar-refractivity contribution in [2.75, 3.05) is 31.1 Å². The molecule has 0 bridgehead atoms. The van der Waals surface area contributed by atoms with Gasteiger partial charge in [-0.3, -0.25) is 14.5 Å². The molecular formula is C24H25ClF2N6O2. The van der Waals surface area contributed by atoms with Crippen LogP contribution in [0.5, 0.6) is 0 Å². The molecule has 0 radical (unpaired) electrons. The van der Waals surface area contributed by atoms with Gasteiger partial charge in [0.25, 0.3) is 11.5 Å². The summed E-state index contributed by atoms with van der Waals surface area (Å²) in [6.45, 7) is 3.95. The zero-order chi connectivity index (χ0) is 24.7. The van der Waals surface area contributed by atoms with Gasteiger partial charge in [-0.15, -0.1) is 0 Å². The Hall–Kier alpha value is -3.11. The number of nitrogens with one attached hydrogen (secondary N) is 2. The molecule has 2 aliphatic rings. The zero-order valence-corrected chi connectivity index (χ0v) is 20.0. The summed E-state index contributed by atoms with van der Waals surface area (Å²) in [5.74, 6) is -1.59. The summed E-state index contributed by atoms with van der Waals surface area (Å²) in [6.07, 6.45) is 2.98. The number of carbonyl (C=O) groups excluding carboxylic acids is 1. The van der Waals surface area contributed by atoms with Crippen molar-refractivity contribution in [3.05, 3.63) is 62.3 Å². The number of halogens is 3. The van der Waals surface area contributed by atoms with Crippen molar-refractivity contribution >= 4 is 34.2 Å². The number of carbonyl (C=O) groups is 1. The van der Waals surface area contributed by atoms with E-state index in [2.05, 4.69) is 20.3 Å². The standard InChI is InChI=1S/C24H25ClF2N6O2/c1-13-23(34)31-21-19(26)14(11-16(25)20(21)28-13)12-32-7-9-33(10-8-32)18-6-5-17(30-22(18)27)24(35)29-15-3-2-4-15/h5-6,11,15H,2-4,7-10,12H2,1H3,(H,29,35)(H,31,34). The first kappa shape index (κ1) is 23.6. The Kier molecular flexibility index (Phi) is 6.41. The summed E-state index contributed by atoms with van der Waals surface area (Å²) in [6, 6.07) is 4.82. The maximum absolute atomic E-state index is 15.1. The fourth-order valence-electron chi connectivity index (χ4n) is 4.42. The summed E-state index contributed by atoms with van der Waals surface area (Å²) in [5, 5.41) is 3.13. The van der Waals surface area contributed by atoms with Crippen LogP contribution >= 0.6 is 11.6 Å². The van der Waals surface area contributed by atoms with Gasteiger partial charge in [0, 0.05) is 44.3 Å². The summed E-state index contributed by atoms with van der Waals surface area (Å²) < 4.78 is 29.9. The minimum atomic E-state index is -0.682. The summed E-state index contributed by atoms with van der Waals surface area (Å²) in [4.78, 5) is 38.6. The zero-order valence-electron chi connectivity index (χ0n) is 19.2. The average Bonchev–Trinajstić information content (AvgIpc) is 2.81. The number of hydrogen-bond acceptors (Lipinski definition) is 6. The second kappa shape index (κ2) is 9.50. The van der Waals surface area contributed by atoms with Crippen molar-refractivity contribution in [2.24, 2.45) is 0 Å². The van der Waals surface area contributed by atoms with Crippen LogP contribution in [0.25, 0.3) is 11.0 Å². The van der Waals surface area contributed by atoms with Crippen LogP contribution in [0, 0.1) is 18.7 Å². The number of hydrogen-bond donors (Lipinski definition) is 2. The molecular weight excluding hydrogens is 478 g/mol. The molecule has 1 aromatic carbocycles. The molecule has 0 unspecified atom stereocenters. The molecule has 1 saturated heterocycles. The third-order valence-electron chi connectivity index (χ3n) is 6.72. The van der Waals surface area contributed by atoms with Crippen LogP contribution in [0.4, 0.5) is 14.5 Å². The Morgan fingerprint density at radius 3 is 2.60 bits per heavy atom. The lowest BCUT2D eigenvalue weighted by Crippen LogP contribution is -2.46. The molecule has 2 N–H and O–H groups in total. The number of fused-ring (bicyclic) bond motifs is 1. The third-order valence-corrected chi connectivity index (χ3v) is 7.01. The number of aromatic nitrogens is 3. The van der Waals surface area contributed by atoms with Crippen LogP contribution in [0.2, 0.25) is 5.02 Å². The van der Waals surface area contributed by atoms with Crippen LogP contribution in [0.1, 0.15) is 41.0 Å². The highest BCUT2D eigenvalue weighted by molar-refractivity contribution is 6.35. The number of pyridine rings is 1. The highest BCUT2D eigenvalue weighted by Gasteiger charge is 2.25. The molecule has 3 heterocycles. The van der Waals surface area contributed by atoms with E-state index in [1.165, 1.54) is 13.0 Å². The molecule has 1 aliphatic carbocycles. The molecule has 0 atom stereocenters. The maximum atomic E-state index is 15.1. The van der Waals surface area contributed by atoms with E-state index in [1.807, 2.05) is 9.80 Å². The second-order valence-corrected chi connectivity index (χ2v) is 9.48. The number of rotatable bonds is 5. The van der Waals surface area contributed by atoms with E-state index >= 15 is 4.39 Å². The van der Waals surface area contributed by atoms with Crippen molar-refractivity contribution in [2.45, 2.75) is 38.8 Å². The van der Waals surface area contributed by atoms with Crippen molar-refractivity contribution in [3.8, 4) is 0 Å². The largest absolute Gasteiger partial charge is 0.365 e. The van der Waals surface area contributed by atoms with E-state index in [1.54, 1.807) is 12.1 Å². The number of aromatic amines is 1. The van der Waals surface area contributed by atoms with Crippen molar-refractivity contribution in [3.63, 3.8) is 0 Å². The quantitative estimate of drug-likeness (QED) is 0.520. The van der Waals surface area contributed by atoms with Gasteiger partial charge in [0.1, 0.15) is 22.4 Å². The third kappa shape index (κ3) is 4.72. The van der Waals surface area contributed by atoms with E-state index < -0.39 is 17.3 Å². The van der Waals surface area contributed by atoms with E-state index in [9.17, 15) is 14.0 Å². The number of amides is 1. The molecule has 35 heavy (non-hydrogen) atoms. The Labute approximate surface area is 205 Å². The second-order valence-electron chi connectivity index (χ2n) is 9.08. The Morgan fingerprint density at radius 1 is 1.20 bits per heavy atom. The van der Waals surface area contributed by atoms with Crippen LogP contribution < -0.4 is 15.8 Å². The molecule has 5 rings (SSSR count). The van der Waals surface area contributed by atoms with Crippen LogP contribution in [-0.4, -0.2) is 58.0 Å². The number of H-pyrrole nitrogens is 1.